The summed E-state index contributed by atoms with van der Waals surface area (Å²) in [6.07, 6.45) is 2.33. The normalized spacial score (nSPS) is 21.8. The Morgan fingerprint density at radius 1 is 1.15 bits per heavy atom. The number of amides is 1. The summed E-state index contributed by atoms with van der Waals surface area (Å²) < 4.78 is 4.96. The molecule has 0 saturated carbocycles. The molecule has 2 heterocycles. The second-order valence-corrected chi connectivity index (χ2v) is 7.22. The van der Waals surface area contributed by atoms with Crippen LogP contribution < -0.4 is 5.32 Å². The molecular weight excluding hydrogens is 346 g/mol. The highest BCUT2D eigenvalue weighted by molar-refractivity contribution is 6.00. The minimum Gasteiger partial charge on any atom is -0.466 e. The number of dihydropyridines is 1. The molecule has 1 unspecified atom stereocenters. The van der Waals surface area contributed by atoms with Crippen LogP contribution in [-0.4, -0.2) is 73.2 Å². The predicted octanol–water partition coefficient (Wildman–Crippen LogP) is 1.25. The Morgan fingerprint density at radius 2 is 1.85 bits per heavy atom. The van der Waals surface area contributed by atoms with E-state index in [-0.39, 0.29) is 24.4 Å². The Morgan fingerprint density at radius 3 is 2.48 bits per heavy atom. The van der Waals surface area contributed by atoms with Crippen molar-refractivity contribution < 1.29 is 19.4 Å². The van der Waals surface area contributed by atoms with Gasteiger partial charge in [-0.3, -0.25) is 4.79 Å². The van der Waals surface area contributed by atoms with E-state index < -0.39 is 0 Å². The summed E-state index contributed by atoms with van der Waals surface area (Å²) in [7, 11) is 1.37. The number of carbonyl (C=O) groups is 2. The van der Waals surface area contributed by atoms with Crippen LogP contribution in [0.1, 0.15) is 40.0 Å². The number of hydrogen-bond acceptors (Lipinski definition) is 6. The number of esters is 1. The number of hydrogen-bond donors (Lipinski definition) is 2. The van der Waals surface area contributed by atoms with Gasteiger partial charge in [-0.1, -0.05) is 6.92 Å². The summed E-state index contributed by atoms with van der Waals surface area (Å²) in [6.45, 7) is 9.90. The van der Waals surface area contributed by atoms with E-state index in [4.69, 9.17) is 9.84 Å². The Labute approximate surface area is 162 Å². The molecule has 2 rings (SSSR count). The second kappa shape index (κ2) is 9.90. The quantitative estimate of drug-likeness (QED) is 0.676. The Bertz CT molecular complexity index is 627. The minimum absolute atomic E-state index is 0.00441. The van der Waals surface area contributed by atoms with Gasteiger partial charge in [-0.2, -0.15) is 0 Å². The molecule has 0 aromatic rings. The molecule has 7 heteroatoms. The maximum absolute atomic E-state index is 13.4. The number of aliphatic hydroxyl groups excluding tert-OH is 1. The summed E-state index contributed by atoms with van der Waals surface area (Å²) >= 11 is 0. The molecule has 1 atom stereocenters. The zero-order valence-electron chi connectivity index (χ0n) is 17.0. The molecule has 0 aliphatic carbocycles. The van der Waals surface area contributed by atoms with Crippen LogP contribution in [0, 0.1) is 5.92 Å². The topological polar surface area (TPSA) is 82.1 Å². The Hall–Kier alpha value is -1.86. The van der Waals surface area contributed by atoms with Crippen molar-refractivity contribution in [3.63, 3.8) is 0 Å². The zero-order valence-corrected chi connectivity index (χ0v) is 17.0. The molecule has 0 radical (unpaired) electrons. The summed E-state index contributed by atoms with van der Waals surface area (Å²) in [4.78, 5) is 29.9. The van der Waals surface area contributed by atoms with Gasteiger partial charge in [-0.15, -0.1) is 0 Å². The van der Waals surface area contributed by atoms with Crippen LogP contribution in [0.25, 0.3) is 0 Å². The summed E-state index contributed by atoms with van der Waals surface area (Å²) in [5, 5.41) is 12.2. The average molecular weight is 380 g/mol. The third-order valence-electron chi connectivity index (χ3n) is 5.43. The van der Waals surface area contributed by atoms with E-state index in [1.807, 2.05) is 25.7 Å². The van der Waals surface area contributed by atoms with Gasteiger partial charge >= 0.3 is 5.97 Å². The van der Waals surface area contributed by atoms with Crippen molar-refractivity contribution in [2.24, 2.45) is 5.92 Å². The lowest BCUT2D eigenvalue weighted by molar-refractivity contribution is -0.136. The van der Waals surface area contributed by atoms with Crippen LogP contribution in [0.15, 0.2) is 22.5 Å². The molecule has 0 spiro atoms. The predicted molar refractivity (Wildman–Crippen MR) is 104 cm³/mol. The Kier molecular flexibility index (Phi) is 7.86. The summed E-state index contributed by atoms with van der Waals surface area (Å²) in [6, 6.07) is 0. The maximum Gasteiger partial charge on any atom is 0.336 e. The first-order chi connectivity index (χ1) is 12.9. The fraction of sp³-hybridized carbons (Fsp3) is 0.700. The smallest absolute Gasteiger partial charge is 0.336 e. The lowest BCUT2D eigenvalue weighted by Gasteiger charge is -2.32. The SMILES string of the molecule is CCC1C(C(=O)OC)=C(C)NC(C)=C1C(=O)N1CCCN(CCCO)CC1. The van der Waals surface area contributed by atoms with Gasteiger partial charge in [-0.05, 0) is 39.7 Å². The molecule has 1 saturated heterocycles. The van der Waals surface area contributed by atoms with Crippen molar-refractivity contribution in [3.05, 3.63) is 22.5 Å². The van der Waals surface area contributed by atoms with Gasteiger partial charge in [0.1, 0.15) is 0 Å². The van der Waals surface area contributed by atoms with Crippen molar-refractivity contribution in [2.75, 3.05) is 46.4 Å². The minimum atomic E-state index is -0.379. The van der Waals surface area contributed by atoms with Crippen LogP contribution in [0.3, 0.4) is 0 Å². The number of allylic oxidation sites excluding steroid dienone is 2. The molecule has 0 aromatic carbocycles. The molecule has 1 fully saturated rings. The van der Waals surface area contributed by atoms with Gasteiger partial charge in [0, 0.05) is 55.7 Å². The highest BCUT2D eigenvalue weighted by Crippen LogP contribution is 2.34. The summed E-state index contributed by atoms with van der Waals surface area (Å²) in [5.74, 6) is -0.625. The van der Waals surface area contributed by atoms with E-state index in [1.54, 1.807) is 0 Å². The average Bonchev–Trinajstić information content (AvgIpc) is 2.90. The largest absolute Gasteiger partial charge is 0.466 e. The van der Waals surface area contributed by atoms with Gasteiger partial charge in [0.05, 0.1) is 12.7 Å². The monoisotopic (exact) mass is 379 g/mol. The van der Waals surface area contributed by atoms with Crippen molar-refractivity contribution in [1.29, 1.82) is 0 Å². The first kappa shape index (κ1) is 21.4. The van der Waals surface area contributed by atoms with E-state index in [1.165, 1.54) is 7.11 Å². The number of rotatable bonds is 6. The molecule has 0 aromatic heterocycles. The molecule has 152 valence electrons. The first-order valence-corrected chi connectivity index (χ1v) is 9.83. The molecule has 1 amide bonds. The molecule has 2 aliphatic heterocycles. The fourth-order valence-corrected chi connectivity index (χ4v) is 4.07. The van der Waals surface area contributed by atoms with Crippen LogP contribution in [0.2, 0.25) is 0 Å². The van der Waals surface area contributed by atoms with E-state index in [2.05, 4.69) is 10.2 Å². The fourth-order valence-electron chi connectivity index (χ4n) is 4.07. The molecule has 2 N–H and O–H groups in total. The third-order valence-corrected chi connectivity index (χ3v) is 5.43. The number of nitrogens with one attached hydrogen (secondary N) is 1. The standard InChI is InChI=1S/C20H33N3O4/c1-5-16-17(14(2)21-15(3)18(16)20(26)27-4)19(25)23-10-6-8-22(11-12-23)9-7-13-24/h16,21,24H,5-13H2,1-4H3. The van der Waals surface area contributed by atoms with E-state index >= 15 is 0 Å². The lowest BCUT2D eigenvalue weighted by Crippen LogP contribution is -2.41. The molecule has 27 heavy (non-hydrogen) atoms. The highest BCUT2D eigenvalue weighted by Gasteiger charge is 2.36. The van der Waals surface area contributed by atoms with Crippen molar-refractivity contribution in [2.45, 2.75) is 40.0 Å². The van der Waals surface area contributed by atoms with Gasteiger partial charge in [0.2, 0.25) is 0 Å². The van der Waals surface area contributed by atoms with Crippen LogP contribution in [0.5, 0.6) is 0 Å². The van der Waals surface area contributed by atoms with E-state index in [0.717, 1.165) is 43.9 Å². The van der Waals surface area contributed by atoms with Crippen molar-refractivity contribution in [1.82, 2.24) is 15.1 Å². The molecular formula is C20H33N3O4. The number of aliphatic hydroxyl groups is 1. The third kappa shape index (κ3) is 4.90. The van der Waals surface area contributed by atoms with Crippen molar-refractivity contribution in [3.8, 4) is 0 Å². The van der Waals surface area contributed by atoms with Gasteiger partial charge < -0.3 is 25.0 Å². The number of methoxy groups -OCH3 is 1. The van der Waals surface area contributed by atoms with Crippen LogP contribution >= 0.6 is 0 Å². The van der Waals surface area contributed by atoms with Gasteiger partial charge in [-0.25, -0.2) is 4.79 Å². The van der Waals surface area contributed by atoms with E-state index in [9.17, 15) is 9.59 Å². The Balaban J connectivity index is 2.18. The summed E-state index contributed by atoms with van der Waals surface area (Å²) in [5.41, 5.74) is 2.80. The highest BCUT2D eigenvalue weighted by atomic mass is 16.5. The maximum atomic E-state index is 13.4. The van der Waals surface area contributed by atoms with Gasteiger partial charge in [0.25, 0.3) is 5.91 Å². The number of nitrogens with zero attached hydrogens (tertiary/aromatic N) is 2. The molecule has 2 aliphatic rings. The number of ether oxygens (including phenoxy) is 1. The zero-order chi connectivity index (χ0) is 20.0. The van der Waals surface area contributed by atoms with Gasteiger partial charge in [0.15, 0.2) is 0 Å². The second-order valence-electron chi connectivity index (χ2n) is 7.22. The molecule has 7 nitrogen and oxygen atoms in total. The molecule has 0 bridgehead atoms. The van der Waals surface area contributed by atoms with Crippen LogP contribution in [-0.2, 0) is 14.3 Å². The van der Waals surface area contributed by atoms with Crippen LogP contribution in [0.4, 0.5) is 0 Å². The lowest BCUT2D eigenvalue weighted by atomic mass is 9.83. The number of carbonyl (C=O) groups excluding carboxylic acids is 2. The van der Waals surface area contributed by atoms with Crippen molar-refractivity contribution >= 4 is 11.9 Å². The van der Waals surface area contributed by atoms with E-state index in [0.29, 0.717) is 30.7 Å². The first-order valence-electron chi connectivity index (χ1n) is 9.83.